The number of hydrogen-bond acceptors (Lipinski definition) is 6. The molecule has 0 saturated heterocycles. The van der Waals surface area contributed by atoms with Crippen molar-refractivity contribution in [2.45, 2.75) is 52.7 Å². The van der Waals surface area contributed by atoms with E-state index in [1.807, 2.05) is 0 Å². The van der Waals surface area contributed by atoms with Crippen LogP contribution in [0.2, 0.25) is 0 Å². The number of fused-ring (bicyclic) bond motifs is 1. The number of carbonyl (C=O) groups is 2. The van der Waals surface area contributed by atoms with E-state index in [9.17, 15) is 14.0 Å². The molecule has 0 radical (unpaired) electrons. The summed E-state index contributed by atoms with van der Waals surface area (Å²) in [4.78, 5) is 26.2. The van der Waals surface area contributed by atoms with Crippen LogP contribution in [0, 0.1) is 5.82 Å². The number of methoxy groups -OCH3 is 1. The van der Waals surface area contributed by atoms with Gasteiger partial charge in [0.25, 0.3) is 0 Å². The van der Waals surface area contributed by atoms with E-state index in [-0.39, 0.29) is 17.0 Å². The van der Waals surface area contributed by atoms with Crippen LogP contribution < -0.4 is 9.64 Å². The van der Waals surface area contributed by atoms with Gasteiger partial charge in [-0.25, -0.2) is 18.5 Å². The molecule has 2 aromatic heterocycles. The van der Waals surface area contributed by atoms with Crippen LogP contribution in [0.15, 0.2) is 18.5 Å². The smallest absolute Gasteiger partial charge is 0.424 e. The van der Waals surface area contributed by atoms with Gasteiger partial charge in [-0.1, -0.05) is 0 Å². The first-order chi connectivity index (χ1) is 12.3. The van der Waals surface area contributed by atoms with Gasteiger partial charge in [0.15, 0.2) is 11.6 Å². The molecule has 0 aromatic carbocycles. The van der Waals surface area contributed by atoms with E-state index in [1.54, 1.807) is 41.5 Å². The fourth-order valence-corrected chi connectivity index (χ4v) is 2.27. The number of hydrogen-bond donors (Lipinski definition) is 0. The molecule has 0 aliphatic heterocycles. The van der Waals surface area contributed by atoms with Gasteiger partial charge in [0.05, 0.1) is 13.3 Å². The van der Waals surface area contributed by atoms with Gasteiger partial charge in [-0.2, -0.15) is 10.00 Å². The van der Waals surface area contributed by atoms with Gasteiger partial charge >= 0.3 is 12.2 Å². The number of nitrogens with zero attached hydrogens (tertiary/aromatic N) is 3. The number of imide groups is 1. The van der Waals surface area contributed by atoms with Crippen LogP contribution in [0.3, 0.4) is 0 Å². The van der Waals surface area contributed by atoms with Crippen molar-refractivity contribution in [2.24, 2.45) is 0 Å². The Bertz CT molecular complexity index is 836. The Labute approximate surface area is 156 Å². The summed E-state index contributed by atoms with van der Waals surface area (Å²) >= 11 is 0. The Morgan fingerprint density at radius 1 is 1.07 bits per heavy atom. The van der Waals surface area contributed by atoms with E-state index in [1.165, 1.54) is 23.9 Å². The normalized spacial score (nSPS) is 12.0. The quantitative estimate of drug-likeness (QED) is 0.777. The first-order valence-electron chi connectivity index (χ1n) is 8.30. The zero-order valence-corrected chi connectivity index (χ0v) is 16.5. The number of rotatable bonds is 2. The Morgan fingerprint density at radius 2 is 1.59 bits per heavy atom. The molecule has 0 saturated carbocycles. The SMILES string of the molecule is COc1c(N(C(=O)OC(C)(C)C)C(=O)OC(C)(C)C)ccn2ncc(F)c12. The predicted molar refractivity (Wildman–Crippen MR) is 96.6 cm³/mol. The van der Waals surface area contributed by atoms with Crippen LogP contribution in [-0.2, 0) is 9.47 Å². The van der Waals surface area contributed by atoms with Crippen LogP contribution >= 0.6 is 0 Å². The maximum Gasteiger partial charge on any atom is 0.424 e. The molecule has 9 heteroatoms. The summed E-state index contributed by atoms with van der Waals surface area (Å²) in [5.74, 6) is -0.716. The van der Waals surface area contributed by atoms with Crippen LogP contribution in [-0.4, -0.2) is 40.1 Å². The summed E-state index contributed by atoms with van der Waals surface area (Å²) in [5, 5.41) is 3.85. The highest BCUT2D eigenvalue weighted by Gasteiger charge is 2.35. The van der Waals surface area contributed by atoms with Crippen molar-refractivity contribution in [1.29, 1.82) is 0 Å². The minimum atomic E-state index is -0.973. The second kappa shape index (κ2) is 7.05. The molecule has 0 aliphatic rings. The molecule has 0 spiro atoms. The maximum absolute atomic E-state index is 14.2. The van der Waals surface area contributed by atoms with Gasteiger partial charge in [-0.3, -0.25) is 0 Å². The third-order valence-electron chi connectivity index (χ3n) is 3.17. The number of pyridine rings is 1. The monoisotopic (exact) mass is 381 g/mol. The zero-order valence-electron chi connectivity index (χ0n) is 16.5. The predicted octanol–water partition coefficient (Wildman–Crippen LogP) is 4.16. The molecule has 2 rings (SSSR count). The molecule has 0 bridgehead atoms. The highest BCUT2D eigenvalue weighted by atomic mass is 19.1. The van der Waals surface area contributed by atoms with Crippen LogP contribution in [0.1, 0.15) is 41.5 Å². The third-order valence-corrected chi connectivity index (χ3v) is 3.17. The lowest BCUT2D eigenvalue weighted by molar-refractivity contribution is 0.0429. The van der Waals surface area contributed by atoms with Gasteiger partial charge < -0.3 is 14.2 Å². The number of ether oxygens (including phenoxy) is 3. The number of carbonyl (C=O) groups excluding carboxylic acids is 2. The lowest BCUT2D eigenvalue weighted by atomic mass is 10.2. The summed E-state index contributed by atoms with van der Waals surface area (Å²) < 4.78 is 31.3. The standard InChI is InChI=1S/C18H24FN3O5/c1-17(2,3)26-15(23)22(16(24)27-18(4,5)6)12-8-9-21-13(14(12)25-7)11(19)10-20-21/h8-10H,1-7H3. The number of amides is 2. The van der Waals surface area contributed by atoms with E-state index in [0.29, 0.717) is 4.90 Å². The molecule has 2 heterocycles. The largest absolute Gasteiger partial charge is 0.492 e. The second-order valence-corrected chi connectivity index (χ2v) is 7.82. The maximum atomic E-state index is 14.2. The summed E-state index contributed by atoms with van der Waals surface area (Å²) in [6.07, 6.45) is 0.462. The lowest BCUT2D eigenvalue weighted by Gasteiger charge is -2.29. The molecule has 8 nitrogen and oxygen atoms in total. The van der Waals surface area contributed by atoms with Crippen molar-refractivity contribution in [3.05, 3.63) is 24.3 Å². The van der Waals surface area contributed by atoms with Crippen molar-refractivity contribution in [2.75, 3.05) is 12.0 Å². The minimum Gasteiger partial charge on any atom is -0.492 e. The van der Waals surface area contributed by atoms with Crippen molar-refractivity contribution in [3.8, 4) is 5.75 Å². The van der Waals surface area contributed by atoms with E-state index < -0.39 is 29.2 Å². The Balaban J connectivity index is 2.62. The van der Waals surface area contributed by atoms with E-state index in [0.717, 1.165) is 6.20 Å². The fourth-order valence-electron chi connectivity index (χ4n) is 2.27. The van der Waals surface area contributed by atoms with E-state index >= 15 is 0 Å². The molecule has 27 heavy (non-hydrogen) atoms. The van der Waals surface area contributed by atoms with Gasteiger partial charge in [-0.05, 0) is 47.6 Å². The third kappa shape index (κ3) is 4.66. The molecule has 148 valence electrons. The molecule has 0 aliphatic carbocycles. The summed E-state index contributed by atoms with van der Waals surface area (Å²) in [7, 11) is 1.30. The fraction of sp³-hybridized carbons (Fsp3) is 0.500. The van der Waals surface area contributed by atoms with Gasteiger partial charge in [-0.15, -0.1) is 0 Å². The molecular weight excluding hydrogens is 357 g/mol. The second-order valence-electron chi connectivity index (χ2n) is 7.82. The topological polar surface area (TPSA) is 82.4 Å². The molecule has 0 N–H and O–H groups in total. The Kier molecular flexibility index (Phi) is 5.35. The highest BCUT2D eigenvalue weighted by Crippen LogP contribution is 2.35. The summed E-state index contributed by atoms with van der Waals surface area (Å²) in [6, 6.07) is 1.39. The van der Waals surface area contributed by atoms with Crippen molar-refractivity contribution in [3.63, 3.8) is 0 Å². The molecule has 0 atom stereocenters. The number of anilines is 1. The minimum absolute atomic E-state index is 0.0205. The average Bonchev–Trinajstić information content (AvgIpc) is 2.85. The van der Waals surface area contributed by atoms with Gasteiger partial charge in [0.2, 0.25) is 0 Å². The summed E-state index contributed by atoms with van der Waals surface area (Å²) in [5.41, 5.74) is -1.77. The van der Waals surface area contributed by atoms with E-state index in [2.05, 4.69) is 5.10 Å². The first kappa shape index (κ1) is 20.5. The average molecular weight is 381 g/mol. The molecule has 0 fully saturated rings. The van der Waals surface area contributed by atoms with Gasteiger partial charge in [0, 0.05) is 6.20 Å². The van der Waals surface area contributed by atoms with Crippen molar-refractivity contribution < 1.29 is 28.2 Å². The van der Waals surface area contributed by atoms with Crippen LogP contribution in [0.25, 0.3) is 5.52 Å². The Morgan fingerprint density at radius 3 is 2.04 bits per heavy atom. The molecule has 0 unspecified atom stereocenters. The lowest BCUT2D eigenvalue weighted by Crippen LogP contribution is -2.44. The van der Waals surface area contributed by atoms with Crippen molar-refractivity contribution in [1.82, 2.24) is 9.61 Å². The number of aromatic nitrogens is 2. The number of halogens is 1. The van der Waals surface area contributed by atoms with Crippen LogP contribution in [0.5, 0.6) is 5.75 Å². The first-order valence-corrected chi connectivity index (χ1v) is 8.30. The highest BCUT2D eigenvalue weighted by molar-refractivity contribution is 6.11. The molecule has 2 aromatic rings. The van der Waals surface area contributed by atoms with Crippen LogP contribution in [0.4, 0.5) is 19.7 Å². The summed E-state index contributed by atoms with van der Waals surface area (Å²) in [6.45, 7) is 9.97. The van der Waals surface area contributed by atoms with E-state index in [4.69, 9.17) is 14.2 Å². The molecule has 2 amide bonds. The van der Waals surface area contributed by atoms with Crippen molar-refractivity contribution >= 4 is 23.4 Å². The zero-order chi connectivity index (χ0) is 20.6. The molecular formula is C18H24FN3O5. The van der Waals surface area contributed by atoms with Gasteiger partial charge in [0.1, 0.15) is 22.4 Å². The Hall–Kier alpha value is -2.84.